The van der Waals surface area contributed by atoms with Gasteiger partial charge in [0.2, 0.25) is 5.91 Å². The van der Waals surface area contributed by atoms with Crippen molar-refractivity contribution in [3.63, 3.8) is 0 Å². The highest BCUT2D eigenvalue weighted by Crippen LogP contribution is 2.07. The Morgan fingerprint density at radius 3 is 2.50 bits per heavy atom. The van der Waals surface area contributed by atoms with Gasteiger partial charge in [-0.05, 0) is 24.7 Å². The molecule has 0 spiro atoms. The van der Waals surface area contributed by atoms with Gasteiger partial charge in [0.1, 0.15) is 0 Å². The van der Waals surface area contributed by atoms with Gasteiger partial charge in [0.25, 0.3) is 0 Å². The van der Waals surface area contributed by atoms with E-state index in [4.69, 9.17) is 5.11 Å². The third kappa shape index (κ3) is 6.08. The van der Waals surface area contributed by atoms with Crippen molar-refractivity contribution in [1.82, 2.24) is 5.32 Å². The summed E-state index contributed by atoms with van der Waals surface area (Å²) in [5, 5.41) is 20.4. The Bertz CT molecular complexity index is 436. The summed E-state index contributed by atoms with van der Waals surface area (Å²) in [5.74, 6) is -0.647. The molecule has 0 heterocycles. The fourth-order valence-corrected chi connectivity index (χ4v) is 2.40. The van der Waals surface area contributed by atoms with Crippen LogP contribution in [0.2, 0.25) is 0 Å². The van der Waals surface area contributed by atoms with Crippen molar-refractivity contribution in [2.75, 3.05) is 11.5 Å². The van der Waals surface area contributed by atoms with Crippen LogP contribution in [0.5, 0.6) is 0 Å². The highest BCUT2D eigenvalue weighted by molar-refractivity contribution is 7.99. The number of amides is 1. The molecule has 0 aliphatic carbocycles. The van der Waals surface area contributed by atoms with Crippen LogP contribution in [0.4, 0.5) is 0 Å². The number of aliphatic hydroxyl groups is 1. The van der Waals surface area contributed by atoms with Gasteiger partial charge in [0.05, 0.1) is 11.9 Å². The molecule has 0 bridgehead atoms. The Labute approximate surface area is 122 Å². The molecule has 0 saturated carbocycles. The zero-order valence-electron chi connectivity index (χ0n) is 11.3. The molecule has 20 heavy (non-hydrogen) atoms. The summed E-state index contributed by atoms with van der Waals surface area (Å²) < 4.78 is 0. The number of rotatable bonds is 8. The zero-order valence-corrected chi connectivity index (χ0v) is 12.1. The van der Waals surface area contributed by atoms with Crippen LogP contribution in [0.25, 0.3) is 0 Å². The van der Waals surface area contributed by atoms with Crippen molar-refractivity contribution in [3.8, 4) is 0 Å². The third-order valence-electron chi connectivity index (χ3n) is 2.68. The van der Waals surface area contributed by atoms with E-state index >= 15 is 0 Å². The maximum atomic E-state index is 11.6. The first-order valence-corrected chi connectivity index (χ1v) is 7.48. The van der Waals surface area contributed by atoms with Crippen LogP contribution in [0.15, 0.2) is 30.3 Å². The summed E-state index contributed by atoms with van der Waals surface area (Å²) >= 11 is 1.44. The summed E-state index contributed by atoms with van der Waals surface area (Å²) in [6.45, 7) is 1.33. The summed E-state index contributed by atoms with van der Waals surface area (Å²) in [5.41, 5.74) is 1.20. The first kappa shape index (κ1) is 16.5. The van der Waals surface area contributed by atoms with Crippen LogP contribution < -0.4 is 5.32 Å². The van der Waals surface area contributed by atoms with Crippen molar-refractivity contribution in [2.24, 2.45) is 0 Å². The largest absolute Gasteiger partial charge is 0.480 e. The van der Waals surface area contributed by atoms with Gasteiger partial charge >= 0.3 is 5.97 Å². The molecule has 1 aromatic rings. The van der Waals surface area contributed by atoms with Crippen molar-refractivity contribution in [2.45, 2.75) is 25.5 Å². The molecular formula is C14H19NO4S. The van der Waals surface area contributed by atoms with Crippen LogP contribution in [0, 0.1) is 0 Å². The number of aliphatic carboxylic acids is 1. The predicted molar refractivity (Wildman–Crippen MR) is 78.7 cm³/mol. The van der Waals surface area contributed by atoms with E-state index < -0.39 is 18.1 Å². The fraction of sp³-hybridized carbons (Fsp3) is 0.429. The Morgan fingerprint density at radius 1 is 1.30 bits per heavy atom. The summed E-state index contributed by atoms with van der Waals surface area (Å²) in [6.07, 6.45) is -0.261. The molecule has 1 aromatic carbocycles. The fourth-order valence-electron chi connectivity index (χ4n) is 1.60. The molecule has 110 valence electrons. The molecule has 1 amide bonds. The van der Waals surface area contributed by atoms with Crippen molar-refractivity contribution in [3.05, 3.63) is 35.9 Å². The molecule has 6 heteroatoms. The molecule has 0 radical (unpaired) electrons. The minimum atomic E-state index is -1.25. The lowest BCUT2D eigenvalue weighted by Gasteiger charge is -2.16. The number of hydrogen-bond acceptors (Lipinski definition) is 4. The van der Waals surface area contributed by atoms with E-state index in [9.17, 15) is 14.7 Å². The van der Waals surface area contributed by atoms with E-state index in [1.54, 1.807) is 0 Å². The van der Waals surface area contributed by atoms with Crippen molar-refractivity contribution < 1.29 is 19.8 Å². The molecule has 2 unspecified atom stereocenters. The van der Waals surface area contributed by atoms with E-state index in [2.05, 4.69) is 5.32 Å². The van der Waals surface area contributed by atoms with E-state index in [1.807, 2.05) is 30.3 Å². The van der Waals surface area contributed by atoms with Crippen LogP contribution >= 0.6 is 11.8 Å². The van der Waals surface area contributed by atoms with E-state index in [-0.39, 0.29) is 11.7 Å². The molecule has 0 saturated heterocycles. The lowest BCUT2D eigenvalue weighted by atomic mass is 10.2. The third-order valence-corrected chi connectivity index (χ3v) is 3.64. The lowest BCUT2D eigenvalue weighted by molar-refractivity contribution is -0.144. The monoisotopic (exact) mass is 297 g/mol. The van der Waals surface area contributed by atoms with Crippen molar-refractivity contribution >= 4 is 23.6 Å². The van der Waals surface area contributed by atoms with Gasteiger partial charge in [-0.3, -0.25) is 4.79 Å². The molecule has 5 nitrogen and oxygen atoms in total. The number of hydrogen-bond donors (Lipinski definition) is 3. The van der Waals surface area contributed by atoms with Crippen molar-refractivity contribution in [1.29, 1.82) is 0 Å². The smallest absolute Gasteiger partial charge is 0.328 e. The van der Waals surface area contributed by atoms with Crippen LogP contribution in [0.1, 0.15) is 12.5 Å². The number of benzene rings is 1. The highest BCUT2D eigenvalue weighted by atomic mass is 32.2. The molecule has 1 rings (SSSR count). The van der Waals surface area contributed by atoms with Crippen LogP contribution in [-0.2, 0) is 16.0 Å². The second-order valence-corrected chi connectivity index (χ2v) is 5.52. The number of carbonyl (C=O) groups is 2. The van der Waals surface area contributed by atoms with E-state index in [0.717, 1.165) is 12.2 Å². The normalized spacial score (nSPS) is 13.5. The number of aryl methyl sites for hydroxylation is 1. The number of carboxylic acids is 1. The quantitative estimate of drug-likeness (QED) is 0.621. The Morgan fingerprint density at radius 2 is 1.95 bits per heavy atom. The summed E-state index contributed by atoms with van der Waals surface area (Å²) in [6, 6.07) is 8.67. The SMILES string of the molecule is CC(O)C(NC(=O)CSCCc1ccccc1)C(=O)O. The van der Waals surface area contributed by atoms with Gasteiger partial charge < -0.3 is 15.5 Å². The summed E-state index contributed by atoms with van der Waals surface area (Å²) in [7, 11) is 0. The standard InChI is InChI=1S/C14H19NO4S/c1-10(16)13(14(18)19)15-12(17)9-20-8-7-11-5-3-2-4-6-11/h2-6,10,13,16H,7-9H2,1H3,(H,15,17)(H,18,19). The van der Waals surface area contributed by atoms with Gasteiger partial charge in [0.15, 0.2) is 6.04 Å². The minimum Gasteiger partial charge on any atom is -0.480 e. The molecule has 0 aliphatic heterocycles. The second-order valence-electron chi connectivity index (χ2n) is 4.41. The van der Waals surface area contributed by atoms with Crippen LogP contribution in [0.3, 0.4) is 0 Å². The Kier molecular flexibility index (Phi) is 7.11. The second kappa shape index (κ2) is 8.60. The molecule has 3 N–H and O–H groups in total. The minimum absolute atomic E-state index is 0.184. The van der Waals surface area contributed by atoms with E-state index in [0.29, 0.717) is 0 Å². The topological polar surface area (TPSA) is 86.6 Å². The number of thioether (sulfide) groups is 1. The first-order chi connectivity index (χ1) is 9.50. The van der Waals surface area contributed by atoms with Gasteiger partial charge in [-0.25, -0.2) is 4.79 Å². The maximum absolute atomic E-state index is 11.6. The highest BCUT2D eigenvalue weighted by Gasteiger charge is 2.24. The number of aliphatic hydroxyl groups excluding tert-OH is 1. The molecule has 2 atom stereocenters. The molecule has 0 aromatic heterocycles. The van der Waals surface area contributed by atoms with Crippen LogP contribution in [-0.4, -0.2) is 45.7 Å². The molecule has 0 aliphatic rings. The van der Waals surface area contributed by atoms with E-state index in [1.165, 1.54) is 24.2 Å². The Hall–Kier alpha value is -1.53. The Balaban J connectivity index is 2.24. The predicted octanol–water partition coefficient (Wildman–Crippen LogP) is 0.912. The summed E-state index contributed by atoms with van der Waals surface area (Å²) in [4.78, 5) is 22.4. The average Bonchev–Trinajstić information content (AvgIpc) is 2.41. The average molecular weight is 297 g/mol. The lowest BCUT2D eigenvalue weighted by Crippen LogP contribution is -2.48. The number of carboxylic acid groups (broad SMARTS) is 1. The first-order valence-electron chi connectivity index (χ1n) is 6.32. The van der Waals surface area contributed by atoms with Gasteiger partial charge in [-0.2, -0.15) is 11.8 Å². The molecule has 0 fully saturated rings. The van der Waals surface area contributed by atoms with Gasteiger partial charge in [0, 0.05) is 0 Å². The van der Waals surface area contributed by atoms with Gasteiger partial charge in [-0.15, -0.1) is 0 Å². The zero-order chi connectivity index (χ0) is 15.0. The number of carbonyl (C=O) groups excluding carboxylic acids is 1. The van der Waals surface area contributed by atoms with Gasteiger partial charge in [-0.1, -0.05) is 30.3 Å². The molecular weight excluding hydrogens is 278 g/mol. The maximum Gasteiger partial charge on any atom is 0.328 e. The number of nitrogens with one attached hydrogen (secondary N) is 1.